The molecule has 0 aliphatic heterocycles. The topological polar surface area (TPSA) is 62.2 Å². The number of thiazole rings is 1. The van der Waals surface area contributed by atoms with Gasteiger partial charge in [-0.25, -0.2) is 4.98 Å². The number of nitrogens with one attached hydrogen (secondary N) is 1. The van der Waals surface area contributed by atoms with Crippen molar-refractivity contribution in [1.82, 2.24) is 4.98 Å². The highest BCUT2D eigenvalue weighted by atomic mass is 35.5. The number of carbonyl (C=O) groups is 1. The third-order valence-corrected chi connectivity index (χ3v) is 4.62. The Morgan fingerprint density at radius 1 is 1.28 bits per heavy atom. The highest BCUT2D eigenvalue weighted by Crippen LogP contribution is 2.34. The Morgan fingerprint density at radius 2 is 2.00 bits per heavy atom. The number of rotatable bonds is 2. The van der Waals surface area contributed by atoms with Crippen LogP contribution in [0.2, 0.25) is 5.02 Å². The highest BCUT2D eigenvalue weighted by Gasteiger charge is 2.30. The summed E-state index contributed by atoms with van der Waals surface area (Å²) in [5, 5.41) is 12.8. The van der Waals surface area contributed by atoms with Gasteiger partial charge in [0.1, 0.15) is 5.75 Å². The molecular weight excluding hydrogens is 377 g/mol. The molecule has 0 saturated carbocycles. The summed E-state index contributed by atoms with van der Waals surface area (Å²) in [5.41, 5.74) is -0.301. The quantitative estimate of drug-likeness (QED) is 0.633. The van der Waals surface area contributed by atoms with Gasteiger partial charge < -0.3 is 5.11 Å². The molecule has 2 N–H and O–H groups in total. The summed E-state index contributed by atoms with van der Waals surface area (Å²) in [5.74, 6) is -0.874. The van der Waals surface area contributed by atoms with Crippen LogP contribution in [0.15, 0.2) is 30.3 Å². The summed E-state index contributed by atoms with van der Waals surface area (Å²) in [6, 6.07) is 5.98. The Balaban J connectivity index is 1.92. The average molecular weight is 387 g/mol. The number of alkyl halides is 3. The summed E-state index contributed by atoms with van der Waals surface area (Å²) in [6.07, 6.45) is -4.47. The highest BCUT2D eigenvalue weighted by molar-refractivity contribution is 7.22. The molecule has 0 atom stereocenters. The smallest absolute Gasteiger partial charge is 0.416 e. The number of carbonyl (C=O) groups excluding carboxylic acids is 1. The fourth-order valence-electron chi connectivity index (χ4n) is 2.23. The predicted octanol–water partition coefficient (Wildman–Crippen LogP) is 5.23. The number of hydrogen-bond acceptors (Lipinski definition) is 4. The van der Waals surface area contributed by atoms with E-state index in [2.05, 4.69) is 10.3 Å². The molecule has 4 nitrogen and oxygen atoms in total. The van der Waals surface area contributed by atoms with E-state index in [-0.39, 0.29) is 27.0 Å². The van der Waals surface area contributed by atoms with E-state index < -0.39 is 17.6 Å². The third kappa shape index (κ3) is 3.54. The van der Waals surface area contributed by atoms with Gasteiger partial charge in [-0.2, -0.15) is 13.2 Å². The van der Waals surface area contributed by atoms with Gasteiger partial charge in [0, 0.05) is 5.02 Å². The van der Waals surface area contributed by atoms with Crippen molar-refractivity contribution >= 4 is 44.2 Å². The molecule has 1 amide bonds. The van der Waals surface area contributed by atoms with Crippen LogP contribution in [0.1, 0.15) is 21.5 Å². The van der Waals surface area contributed by atoms with E-state index >= 15 is 0 Å². The largest absolute Gasteiger partial charge is 0.507 e. The Hall–Kier alpha value is -2.32. The number of amides is 1. The van der Waals surface area contributed by atoms with Crippen LogP contribution in [0, 0.1) is 6.92 Å². The molecule has 25 heavy (non-hydrogen) atoms. The number of aromatic hydroxyl groups is 1. The minimum Gasteiger partial charge on any atom is -0.507 e. The zero-order valence-electron chi connectivity index (χ0n) is 12.6. The summed E-state index contributed by atoms with van der Waals surface area (Å²) >= 11 is 6.91. The number of benzene rings is 2. The molecule has 3 aromatic rings. The minimum absolute atomic E-state index is 0.0414. The van der Waals surface area contributed by atoms with Crippen molar-refractivity contribution in [2.75, 3.05) is 5.32 Å². The van der Waals surface area contributed by atoms with Crippen molar-refractivity contribution in [3.8, 4) is 5.75 Å². The maximum absolute atomic E-state index is 12.7. The van der Waals surface area contributed by atoms with Crippen LogP contribution < -0.4 is 5.32 Å². The monoisotopic (exact) mass is 386 g/mol. The van der Waals surface area contributed by atoms with Crippen molar-refractivity contribution in [2.24, 2.45) is 0 Å². The lowest BCUT2D eigenvalue weighted by molar-refractivity contribution is -0.137. The van der Waals surface area contributed by atoms with Crippen LogP contribution in [-0.2, 0) is 6.18 Å². The Morgan fingerprint density at radius 3 is 2.68 bits per heavy atom. The molecule has 0 unspecified atom stereocenters. The number of aromatic nitrogens is 1. The molecule has 2 aromatic carbocycles. The van der Waals surface area contributed by atoms with Crippen molar-refractivity contribution in [1.29, 1.82) is 0 Å². The molecule has 0 radical (unpaired) electrons. The van der Waals surface area contributed by atoms with Crippen LogP contribution >= 0.6 is 22.9 Å². The number of halogens is 4. The molecule has 1 aromatic heterocycles. The normalized spacial score (nSPS) is 11.7. The minimum atomic E-state index is -4.47. The van der Waals surface area contributed by atoms with Crippen molar-refractivity contribution < 1.29 is 23.1 Å². The van der Waals surface area contributed by atoms with Gasteiger partial charge in [0.2, 0.25) is 0 Å². The lowest BCUT2D eigenvalue weighted by Crippen LogP contribution is -2.12. The summed E-state index contributed by atoms with van der Waals surface area (Å²) < 4.78 is 38.7. The number of anilines is 1. The van der Waals surface area contributed by atoms with E-state index in [1.807, 2.05) is 0 Å². The second-order valence-corrected chi connectivity index (χ2v) is 6.74. The lowest BCUT2D eigenvalue weighted by Gasteiger charge is -2.07. The van der Waals surface area contributed by atoms with Gasteiger partial charge in [-0.1, -0.05) is 22.9 Å². The number of fused-ring (bicyclic) bond motifs is 1. The summed E-state index contributed by atoms with van der Waals surface area (Å²) in [6.45, 7) is 1.59. The number of phenolic OH excluding ortho intramolecular Hbond substituents is 1. The Bertz CT molecular complexity index is 985. The third-order valence-electron chi connectivity index (χ3n) is 3.45. The first-order valence-electron chi connectivity index (χ1n) is 6.93. The lowest BCUT2D eigenvalue weighted by atomic mass is 10.1. The number of hydrogen-bond donors (Lipinski definition) is 2. The molecule has 130 valence electrons. The summed E-state index contributed by atoms with van der Waals surface area (Å²) in [4.78, 5) is 16.3. The second kappa shape index (κ2) is 6.20. The fraction of sp³-hybridized carbons (Fsp3) is 0.125. The van der Waals surface area contributed by atoms with Crippen molar-refractivity contribution in [2.45, 2.75) is 13.1 Å². The molecule has 9 heteroatoms. The van der Waals surface area contributed by atoms with E-state index in [0.717, 1.165) is 23.5 Å². The van der Waals surface area contributed by atoms with Crippen LogP contribution in [0.3, 0.4) is 0 Å². The molecule has 0 bridgehead atoms. The molecule has 0 aliphatic rings. The van der Waals surface area contributed by atoms with Gasteiger partial charge in [0.25, 0.3) is 5.91 Å². The molecule has 0 fully saturated rings. The number of aryl methyl sites for hydroxylation is 1. The first kappa shape index (κ1) is 17.5. The van der Waals surface area contributed by atoms with Crippen LogP contribution in [0.25, 0.3) is 10.2 Å². The average Bonchev–Trinajstić information content (AvgIpc) is 2.91. The maximum Gasteiger partial charge on any atom is 0.416 e. The standard InChI is InChI=1S/C16H10ClF3N2O2S/c1-7-4-9(17)6-10(13(7)23)14(24)22-15-21-11-5-8(16(18,19)20)2-3-12(11)25-15/h2-6,23H,1H3,(H,21,22,24). The van der Waals surface area contributed by atoms with E-state index in [1.165, 1.54) is 18.2 Å². The van der Waals surface area contributed by atoms with Gasteiger partial charge in [-0.3, -0.25) is 10.1 Å². The van der Waals surface area contributed by atoms with E-state index in [0.29, 0.717) is 10.3 Å². The molecular formula is C16H10ClF3N2O2S. The second-order valence-electron chi connectivity index (χ2n) is 5.27. The zero-order chi connectivity index (χ0) is 18.4. The van der Waals surface area contributed by atoms with Crippen LogP contribution in [-0.4, -0.2) is 16.0 Å². The van der Waals surface area contributed by atoms with E-state index in [1.54, 1.807) is 6.92 Å². The van der Waals surface area contributed by atoms with Gasteiger partial charge in [-0.15, -0.1) is 0 Å². The number of phenols is 1. The molecule has 0 aliphatic carbocycles. The van der Waals surface area contributed by atoms with E-state index in [4.69, 9.17) is 11.6 Å². The first-order chi connectivity index (χ1) is 11.6. The van der Waals surface area contributed by atoms with Crippen molar-refractivity contribution in [3.63, 3.8) is 0 Å². The Kier molecular flexibility index (Phi) is 4.34. The molecule has 3 rings (SSSR count). The van der Waals surface area contributed by atoms with Crippen LogP contribution in [0.4, 0.5) is 18.3 Å². The van der Waals surface area contributed by atoms with E-state index in [9.17, 15) is 23.1 Å². The fourth-order valence-corrected chi connectivity index (χ4v) is 3.34. The van der Waals surface area contributed by atoms with Gasteiger partial charge in [0.05, 0.1) is 21.3 Å². The van der Waals surface area contributed by atoms with Crippen LogP contribution in [0.5, 0.6) is 5.75 Å². The SMILES string of the molecule is Cc1cc(Cl)cc(C(=O)Nc2nc3cc(C(F)(F)F)ccc3s2)c1O. The Labute approximate surface area is 148 Å². The van der Waals surface area contributed by atoms with Gasteiger partial charge >= 0.3 is 6.18 Å². The predicted molar refractivity (Wildman–Crippen MR) is 90.4 cm³/mol. The molecule has 0 saturated heterocycles. The molecule has 0 spiro atoms. The van der Waals surface area contributed by atoms with Gasteiger partial charge in [0.15, 0.2) is 5.13 Å². The zero-order valence-corrected chi connectivity index (χ0v) is 14.2. The molecule has 1 heterocycles. The first-order valence-corrected chi connectivity index (χ1v) is 8.13. The maximum atomic E-state index is 12.7. The summed E-state index contributed by atoms with van der Waals surface area (Å²) in [7, 11) is 0. The number of nitrogens with zero attached hydrogens (tertiary/aromatic N) is 1. The van der Waals surface area contributed by atoms with Crippen molar-refractivity contribution in [3.05, 3.63) is 52.0 Å². The van der Waals surface area contributed by atoms with Gasteiger partial charge in [-0.05, 0) is 42.8 Å².